The molecule has 1 unspecified atom stereocenters. The molecular weight excluding hydrogens is 396 g/mol. The van der Waals surface area contributed by atoms with Crippen LogP contribution in [0.2, 0.25) is 0 Å². The minimum absolute atomic E-state index is 0.0222. The molecule has 1 fully saturated rings. The highest BCUT2D eigenvalue weighted by atomic mass is 16.6. The van der Waals surface area contributed by atoms with Gasteiger partial charge in [-0.05, 0) is 49.6 Å². The monoisotopic (exact) mass is 420 g/mol. The molecule has 2 heterocycles. The van der Waals surface area contributed by atoms with Crippen LogP contribution in [0.4, 0.5) is 11.4 Å². The van der Waals surface area contributed by atoms with Gasteiger partial charge in [0.15, 0.2) is 0 Å². The van der Waals surface area contributed by atoms with E-state index < -0.39 is 4.92 Å². The second kappa shape index (κ2) is 8.55. The molecule has 31 heavy (non-hydrogen) atoms. The number of aromatic nitrogens is 3. The fourth-order valence-electron chi connectivity index (χ4n) is 3.88. The van der Waals surface area contributed by atoms with Crippen LogP contribution in [-0.2, 0) is 0 Å². The molecule has 0 saturated carbocycles. The lowest BCUT2D eigenvalue weighted by Crippen LogP contribution is -2.30. The van der Waals surface area contributed by atoms with Gasteiger partial charge in [0.25, 0.3) is 11.6 Å². The Hall–Kier alpha value is -3.75. The van der Waals surface area contributed by atoms with Gasteiger partial charge in [0, 0.05) is 31.8 Å². The van der Waals surface area contributed by atoms with E-state index in [1.807, 2.05) is 36.1 Å². The third kappa shape index (κ3) is 4.11. The molecule has 2 aromatic carbocycles. The normalized spacial score (nSPS) is 14.5. The first kappa shape index (κ1) is 20.5. The lowest BCUT2D eigenvalue weighted by molar-refractivity contribution is -0.384. The number of anilines is 1. The van der Waals surface area contributed by atoms with Gasteiger partial charge in [-0.3, -0.25) is 14.9 Å². The molecule has 0 aliphatic carbocycles. The molecule has 1 aliphatic heterocycles. The van der Waals surface area contributed by atoms with E-state index in [-0.39, 0.29) is 17.6 Å². The number of carbonyl (C=O) groups excluding carboxylic acids is 1. The molecule has 9 heteroatoms. The van der Waals surface area contributed by atoms with Gasteiger partial charge in [0.2, 0.25) is 0 Å². The molecule has 9 nitrogen and oxygen atoms in total. The van der Waals surface area contributed by atoms with Gasteiger partial charge in [-0.1, -0.05) is 12.1 Å². The average Bonchev–Trinajstić information content (AvgIpc) is 3.52. The number of rotatable bonds is 6. The predicted molar refractivity (Wildman–Crippen MR) is 116 cm³/mol. The van der Waals surface area contributed by atoms with Crippen LogP contribution < -0.4 is 4.90 Å². The number of amides is 1. The van der Waals surface area contributed by atoms with Crippen molar-refractivity contribution in [3.8, 4) is 5.69 Å². The Labute approximate surface area is 180 Å². The standard InChI is InChI=1S/C22H24N6O3/c1-16(17-5-8-19(9-6-17)27-15-23-14-24-27)25(2)22(29)18-7-10-20(21(13-18)28(30)31)26-11-3-4-12-26/h5-10,13-16H,3-4,11-12H2,1-2H3. The summed E-state index contributed by atoms with van der Waals surface area (Å²) in [4.78, 5) is 31.9. The minimum Gasteiger partial charge on any atom is -0.366 e. The van der Waals surface area contributed by atoms with Crippen molar-refractivity contribution in [3.63, 3.8) is 0 Å². The first-order chi connectivity index (χ1) is 15.0. The fraction of sp³-hybridized carbons (Fsp3) is 0.318. The summed E-state index contributed by atoms with van der Waals surface area (Å²) in [5, 5.41) is 15.8. The third-order valence-electron chi connectivity index (χ3n) is 5.83. The van der Waals surface area contributed by atoms with Crippen molar-refractivity contribution in [2.24, 2.45) is 0 Å². The van der Waals surface area contributed by atoms with E-state index in [0.29, 0.717) is 11.3 Å². The maximum Gasteiger partial charge on any atom is 0.293 e. The summed E-state index contributed by atoms with van der Waals surface area (Å²) in [5.41, 5.74) is 2.69. The summed E-state index contributed by atoms with van der Waals surface area (Å²) in [6.07, 6.45) is 5.13. The van der Waals surface area contributed by atoms with E-state index in [4.69, 9.17) is 0 Å². The molecule has 4 rings (SSSR count). The molecule has 1 saturated heterocycles. The van der Waals surface area contributed by atoms with Crippen LogP contribution in [0, 0.1) is 10.1 Å². The van der Waals surface area contributed by atoms with Gasteiger partial charge in [0.1, 0.15) is 18.3 Å². The van der Waals surface area contributed by atoms with Crippen molar-refractivity contribution < 1.29 is 9.72 Å². The van der Waals surface area contributed by atoms with Gasteiger partial charge < -0.3 is 9.80 Å². The van der Waals surface area contributed by atoms with E-state index in [0.717, 1.165) is 37.2 Å². The first-order valence-electron chi connectivity index (χ1n) is 10.2. The van der Waals surface area contributed by atoms with Crippen molar-refractivity contribution in [1.29, 1.82) is 0 Å². The number of nitro benzene ring substituents is 1. The average molecular weight is 420 g/mol. The van der Waals surface area contributed by atoms with Crippen molar-refractivity contribution in [2.75, 3.05) is 25.0 Å². The quantitative estimate of drug-likeness (QED) is 0.446. The SMILES string of the molecule is CC(c1ccc(-n2cncn2)cc1)N(C)C(=O)c1ccc(N2CCCC2)c([N+](=O)[O-])c1. The third-order valence-corrected chi connectivity index (χ3v) is 5.83. The maximum atomic E-state index is 13.1. The Bertz CT molecular complexity index is 1080. The highest BCUT2D eigenvalue weighted by Crippen LogP contribution is 2.32. The number of carbonyl (C=O) groups is 1. The Kier molecular flexibility index (Phi) is 5.66. The van der Waals surface area contributed by atoms with Crippen LogP contribution in [0.1, 0.15) is 41.7 Å². The van der Waals surface area contributed by atoms with Crippen LogP contribution in [-0.4, -0.2) is 50.6 Å². The van der Waals surface area contributed by atoms with Gasteiger partial charge in [-0.15, -0.1) is 0 Å². The molecule has 160 valence electrons. The molecule has 0 N–H and O–H groups in total. The molecule has 0 radical (unpaired) electrons. The van der Waals surface area contributed by atoms with Crippen LogP contribution in [0.15, 0.2) is 55.1 Å². The van der Waals surface area contributed by atoms with Crippen molar-refractivity contribution in [2.45, 2.75) is 25.8 Å². The number of benzene rings is 2. The van der Waals surface area contributed by atoms with E-state index >= 15 is 0 Å². The van der Waals surface area contributed by atoms with Crippen LogP contribution in [0.25, 0.3) is 5.69 Å². The highest BCUT2D eigenvalue weighted by Gasteiger charge is 2.26. The zero-order chi connectivity index (χ0) is 22.0. The molecule has 3 aromatic rings. The summed E-state index contributed by atoms with van der Waals surface area (Å²) < 4.78 is 1.66. The number of nitrogens with zero attached hydrogens (tertiary/aromatic N) is 6. The van der Waals surface area contributed by atoms with E-state index in [1.165, 1.54) is 12.4 Å². The molecule has 0 spiro atoms. The van der Waals surface area contributed by atoms with Crippen LogP contribution >= 0.6 is 0 Å². The number of nitro groups is 1. The van der Waals surface area contributed by atoms with Gasteiger partial charge in [-0.25, -0.2) is 9.67 Å². The minimum atomic E-state index is -0.406. The van der Waals surface area contributed by atoms with Crippen molar-refractivity contribution >= 4 is 17.3 Å². The summed E-state index contributed by atoms with van der Waals surface area (Å²) in [5.74, 6) is -0.260. The lowest BCUT2D eigenvalue weighted by atomic mass is 10.0. The Morgan fingerprint density at radius 3 is 2.48 bits per heavy atom. The Balaban J connectivity index is 1.54. The molecular formula is C22H24N6O3. The zero-order valence-electron chi connectivity index (χ0n) is 17.5. The molecule has 0 bridgehead atoms. The number of hydrogen-bond acceptors (Lipinski definition) is 6. The lowest BCUT2D eigenvalue weighted by Gasteiger charge is -2.26. The highest BCUT2D eigenvalue weighted by molar-refractivity contribution is 5.96. The fourth-order valence-corrected chi connectivity index (χ4v) is 3.88. The summed E-state index contributed by atoms with van der Waals surface area (Å²) in [6.45, 7) is 3.53. The second-order valence-corrected chi connectivity index (χ2v) is 7.68. The van der Waals surface area contributed by atoms with Crippen LogP contribution in [0.5, 0.6) is 0 Å². The van der Waals surface area contributed by atoms with Gasteiger partial charge in [0.05, 0.1) is 16.7 Å². The largest absolute Gasteiger partial charge is 0.366 e. The zero-order valence-corrected chi connectivity index (χ0v) is 17.5. The van der Waals surface area contributed by atoms with Crippen molar-refractivity contribution in [3.05, 3.63) is 76.4 Å². The maximum absolute atomic E-state index is 13.1. The van der Waals surface area contributed by atoms with E-state index in [1.54, 1.807) is 35.1 Å². The molecule has 1 aliphatic rings. The topological polar surface area (TPSA) is 97.4 Å². The second-order valence-electron chi connectivity index (χ2n) is 7.68. The van der Waals surface area contributed by atoms with E-state index in [2.05, 4.69) is 10.1 Å². The molecule has 1 atom stereocenters. The molecule has 1 aromatic heterocycles. The Morgan fingerprint density at radius 1 is 1.16 bits per heavy atom. The predicted octanol–water partition coefficient (Wildman–Crippen LogP) is 3.61. The number of hydrogen-bond donors (Lipinski definition) is 0. The van der Waals surface area contributed by atoms with Crippen LogP contribution in [0.3, 0.4) is 0 Å². The summed E-state index contributed by atoms with van der Waals surface area (Å²) in [6, 6.07) is 12.3. The Morgan fingerprint density at radius 2 is 1.87 bits per heavy atom. The van der Waals surface area contributed by atoms with Gasteiger partial charge in [-0.2, -0.15) is 5.10 Å². The van der Waals surface area contributed by atoms with E-state index in [9.17, 15) is 14.9 Å². The summed E-state index contributed by atoms with van der Waals surface area (Å²) in [7, 11) is 1.71. The summed E-state index contributed by atoms with van der Waals surface area (Å²) >= 11 is 0. The van der Waals surface area contributed by atoms with Gasteiger partial charge >= 0.3 is 0 Å². The molecule has 1 amide bonds. The first-order valence-corrected chi connectivity index (χ1v) is 10.2. The smallest absolute Gasteiger partial charge is 0.293 e. The van der Waals surface area contributed by atoms with Crippen molar-refractivity contribution in [1.82, 2.24) is 19.7 Å².